The summed E-state index contributed by atoms with van der Waals surface area (Å²) in [5.74, 6) is 0.0643. The summed E-state index contributed by atoms with van der Waals surface area (Å²) in [7, 11) is 0. The molecule has 0 fully saturated rings. The van der Waals surface area contributed by atoms with Crippen molar-refractivity contribution in [3.63, 3.8) is 0 Å². The van der Waals surface area contributed by atoms with E-state index in [0.717, 1.165) is 6.07 Å². The quantitative estimate of drug-likeness (QED) is 0.841. The van der Waals surface area contributed by atoms with E-state index in [1.54, 1.807) is 13.0 Å². The maximum Gasteiger partial charge on any atom is 0.224 e. The molecular weight excluding hydrogens is 309 g/mol. The molecule has 0 radical (unpaired) electrons. The molecule has 1 aromatic heterocycles. The summed E-state index contributed by atoms with van der Waals surface area (Å²) in [6, 6.07) is 5.66. The van der Waals surface area contributed by atoms with Gasteiger partial charge in [0.1, 0.15) is 17.3 Å². The van der Waals surface area contributed by atoms with Crippen LogP contribution in [0, 0.1) is 12.7 Å². The van der Waals surface area contributed by atoms with Crippen LogP contribution in [0.5, 0.6) is 0 Å². The Morgan fingerprint density at radius 2 is 2.05 bits per heavy atom. The van der Waals surface area contributed by atoms with Gasteiger partial charge in [-0.15, -0.1) is 0 Å². The van der Waals surface area contributed by atoms with Crippen molar-refractivity contribution in [2.24, 2.45) is 0 Å². The van der Waals surface area contributed by atoms with E-state index in [9.17, 15) is 14.0 Å². The number of nitrogens with one attached hydrogen (secondary N) is 1. The van der Waals surface area contributed by atoms with Crippen LogP contribution in [-0.2, 0) is 11.2 Å². The van der Waals surface area contributed by atoms with Gasteiger partial charge in [0.25, 0.3) is 0 Å². The number of Topliss-reactive ketones (excluding diaryl/α,β-unsaturated/α-hetero) is 1. The van der Waals surface area contributed by atoms with Gasteiger partial charge in [-0.3, -0.25) is 9.59 Å². The van der Waals surface area contributed by atoms with Gasteiger partial charge in [-0.1, -0.05) is 11.6 Å². The maximum absolute atomic E-state index is 13.6. The Kier molecular flexibility index (Phi) is 4.98. The molecule has 0 bridgehead atoms. The Morgan fingerprint density at radius 1 is 1.32 bits per heavy atom. The third-order valence-electron chi connectivity index (χ3n) is 3.15. The van der Waals surface area contributed by atoms with Gasteiger partial charge in [-0.05, 0) is 38.1 Å². The fourth-order valence-electron chi connectivity index (χ4n) is 2.06. The van der Waals surface area contributed by atoms with E-state index in [0.29, 0.717) is 23.5 Å². The molecule has 2 rings (SSSR count). The molecule has 1 amide bonds. The number of hydrogen-bond acceptors (Lipinski definition) is 3. The highest BCUT2D eigenvalue weighted by atomic mass is 35.5. The Bertz CT molecular complexity index is 724. The van der Waals surface area contributed by atoms with Gasteiger partial charge in [-0.2, -0.15) is 0 Å². The van der Waals surface area contributed by atoms with Crippen LogP contribution in [0.3, 0.4) is 0 Å². The highest BCUT2D eigenvalue weighted by Crippen LogP contribution is 2.20. The molecule has 0 atom stereocenters. The van der Waals surface area contributed by atoms with Gasteiger partial charge in [0.2, 0.25) is 5.91 Å². The molecule has 2 aromatic rings. The van der Waals surface area contributed by atoms with E-state index in [1.807, 2.05) is 0 Å². The van der Waals surface area contributed by atoms with Crippen molar-refractivity contribution in [3.8, 4) is 0 Å². The zero-order chi connectivity index (χ0) is 16.3. The Labute approximate surface area is 132 Å². The van der Waals surface area contributed by atoms with Crippen LogP contribution < -0.4 is 5.32 Å². The summed E-state index contributed by atoms with van der Waals surface area (Å²) in [6.07, 6.45) is 0.446. The van der Waals surface area contributed by atoms with E-state index < -0.39 is 5.82 Å². The fourth-order valence-corrected chi connectivity index (χ4v) is 2.22. The Balaban J connectivity index is 1.95. The summed E-state index contributed by atoms with van der Waals surface area (Å²) < 4.78 is 19.0. The van der Waals surface area contributed by atoms with Crippen molar-refractivity contribution in [2.45, 2.75) is 26.7 Å². The van der Waals surface area contributed by atoms with Gasteiger partial charge >= 0.3 is 0 Å². The van der Waals surface area contributed by atoms with Gasteiger partial charge in [-0.25, -0.2) is 4.39 Å². The van der Waals surface area contributed by atoms with Crippen molar-refractivity contribution < 1.29 is 18.4 Å². The molecular formula is C16H15ClFNO3. The molecule has 0 unspecified atom stereocenters. The second-order valence-corrected chi connectivity index (χ2v) is 5.35. The Morgan fingerprint density at radius 3 is 2.64 bits per heavy atom. The lowest BCUT2D eigenvalue weighted by Gasteiger charge is -2.06. The lowest BCUT2D eigenvalue weighted by molar-refractivity contribution is -0.116. The highest BCUT2D eigenvalue weighted by molar-refractivity contribution is 6.30. The maximum atomic E-state index is 13.6. The number of amides is 1. The lowest BCUT2D eigenvalue weighted by atomic mass is 10.1. The second-order valence-electron chi connectivity index (χ2n) is 4.91. The van der Waals surface area contributed by atoms with Crippen LogP contribution in [0.1, 0.15) is 35.2 Å². The smallest absolute Gasteiger partial charge is 0.224 e. The second kappa shape index (κ2) is 6.75. The summed E-state index contributed by atoms with van der Waals surface area (Å²) in [5, 5.41) is 2.73. The van der Waals surface area contributed by atoms with Crippen LogP contribution in [0.15, 0.2) is 28.7 Å². The number of carbonyl (C=O) groups is 2. The van der Waals surface area contributed by atoms with Crippen molar-refractivity contribution in [1.29, 1.82) is 0 Å². The first-order chi connectivity index (χ1) is 10.4. The molecule has 1 N–H and O–H groups in total. The number of halogens is 2. The minimum absolute atomic E-state index is 0.0782. The first-order valence-corrected chi connectivity index (χ1v) is 7.09. The first-order valence-electron chi connectivity index (χ1n) is 6.72. The van der Waals surface area contributed by atoms with Crippen molar-refractivity contribution in [1.82, 2.24) is 0 Å². The topological polar surface area (TPSA) is 59.3 Å². The van der Waals surface area contributed by atoms with Gasteiger partial charge in [0, 0.05) is 17.9 Å². The number of anilines is 1. The van der Waals surface area contributed by atoms with Crippen LogP contribution in [0.25, 0.3) is 0 Å². The minimum Gasteiger partial charge on any atom is -0.466 e. The van der Waals surface area contributed by atoms with Crippen molar-refractivity contribution in [2.75, 3.05) is 5.32 Å². The van der Waals surface area contributed by atoms with Crippen LogP contribution >= 0.6 is 11.6 Å². The standard InChI is InChI=1S/C16H15ClFNO3/c1-9(20)13-8-12(22-10(13)2)4-6-16(21)19-15-5-3-11(17)7-14(15)18/h3,5,7-8H,4,6H2,1-2H3,(H,19,21). The third kappa shape index (κ3) is 3.95. The molecule has 1 heterocycles. The average molecular weight is 324 g/mol. The van der Waals surface area contributed by atoms with Crippen molar-refractivity contribution >= 4 is 29.0 Å². The molecule has 0 saturated carbocycles. The SMILES string of the molecule is CC(=O)c1cc(CCC(=O)Nc2ccc(Cl)cc2F)oc1C. The summed E-state index contributed by atoms with van der Waals surface area (Å²) in [5.41, 5.74) is 0.591. The summed E-state index contributed by atoms with van der Waals surface area (Å²) in [4.78, 5) is 23.2. The van der Waals surface area contributed by atoms with E-state index >= 15 is 0 Å². The summed E-state index contributed by atoms with van der Waals surface area (Å²) >= 11 is 5.64. The zero-order valence-electron chi connectivity index (χ0n) is 12.2. The fraction of sp³-hybridized carbons (Fsp3) is 0.250. The van der Waals surface area contributed by atoms with Crippen LogP contribution in [0.2, 0.25) is 5.02 Å². The lowest BCUT2D eigenvalue weighted by Crippen LogP contribution is -2.13. The molecule has 4 nitrogen and oxygen atoms in total. The predicted molar refractivity (Wildman–Crippen MR) is 81.8 cm³/mol. The number of carbonyl (C=O) groups excluding carboxylic acids is 2. The largest absolute Gasteiger partial charge is 0.466 e. The Hall–Kier alpha value is -2.14. The van der Waals surface area contributed by atoms with E-state index in [1.165, 1.54) is 19.1 Å². The van der Waals surface area contributed by atoms with E-state index in [-0.39, 0.29) is 28.8 Å². The number of hydrogen-bond donors (Lipinski definition) is 1. The van der Waals surface area contributed by atoms with Crippen LogP contribution in [0.4, 0.5) is 10.1 Å². The summed E-state index contributed by atoms with van der Waals surface area (Å²) in [6.45, 7) is 3.15. The molecule has 0 aliphatic heterocycles. The molecule has 0 spiro atoms. The van der Waals surface area contributed by atoms with E-state index in [2.05, 4.69) is 5.32 Å². The minimum atomic E-state index is -0.589. The number of furan rings is 1. The van der Waals surface area contributed by atoms with E-state index in [4.69, 9.17) is 16.0 Å². The number of rotatable bonds is 5. The number of aryl methyl sites for hydroxylation is 2. The third-order valence-corrected chi connectivity index (χ3v) is 3.39. The molecule has 6 heteroatoms. The molecule has 0 saturated heterocycles. The molecule has 116 valence electrons. The monoisotopic (exact) mass is 323 g/mol. The van der Waals surface area contributed by atoms with Crippen molar-refractivity contribution in [3.05, 3.63) is 52.2 Å². The average Bonchev–Trinajstić information content (AvgIpc) is 2.81. The predicted octanol–water partition coefficient (Wildman–Crippen LogP) is 4.15. The highest BCUT2D eigenvalue weighted by Gasteiger charge is 2.13. The number of ketones is 1. The molecule has 22 heavy (non-hydrogen) atoms. The number of benzene rings is 1. The molecule has 0 aliphatic rings. The first kappa shape index (κ1) is 16.2. The van der Waals surface area contributed by atoms with Gasteiger partial charge < -0.3 is 9.73 Å². The van der Waals surface area contributed by atoms with Gasteiger partial charge in [0.15, 0.2) is 5.78 Å². The zero-order valence-corrected chi connectivity index (χ0v) is 13.0. The molecule has 0 aliphatic carbocycles. The normalized spacial score (nSPS) is 10.5. The van der Waals surface area contributed by atoms with Gasteiger partial charge in [0.05, 0.1) is 11.3 Å². The molecule has 1 aromatic carbocycles. The van der Waals surface area contributed by atoms with Crippen LogP contribution in [-0.4, -0.2) is 11.7 Å².